The molecule has 0 N–H and O–H groups in total. The minimum Gasteiger partial charge on any atom is -0.299 e. The Bertz CT molecular complexity index is 369. The molecule has 13 heavy (non-hydrogen) atoms. The number of ketones is 1. The van der Waals surface area contributed by atoms with E-state index in [1.165, 1.54) is 20.3 Å². The van der Waals surface area contributed by atoms with Crippen molar-refractivity contribution in [3.05, 3.63) is 32.4 Å². The molecule has 0 saturated carbocycles. The van der Waals surface area contributed by atoms with Gasteiger partial charge in [0, 0.05) is 16.4 Å². The summed E-state index contributed by atoms with van der Waals surface area (Å²) < 4.78 is 1.32. The maximum absolute atomic E-state index is 11.2. The van der Waals surface area contributed by atoms with Crippen LogP contribution in [0.5, 0.6) is 0 Å². The highest BCUT2D eigenvalue weighted by Crippen LogP contribution is 2.25. The number of hydrogen-bond donors (Lipinski definition) is 0. The molecule has 0 unspecified atom stereocenters. The lowest BCUT2D eigenvalue weighted by molar-refractivity contribution is -0.118. The summed E-state index contributed by atoms with van der Waals surface area (Å²) in [6.45, 7) is 2.08. The Morgan fingerprint density at radius 2 is 2.08 bits per heavy atom. The van der Waals surface area contributed by atoms with Gasteiger partial charge in [0.15, 0.2) is 0 Å². The average molecular weight is 286 g/mol. The molecular weight excluding hydrogens is 275 g/mol. The Morgan fingerprint density at radius 1 is 1.31 bits per heavy atom. The Balaban J connectivity index is 2.53. The van der Waals surface area contributed by atoms with Crippen molar-refractivity contribution < 1.29 is 4.79 Å². The van der Waals surface area contributed by atoms with Gasteiger partial charge in [0.2, 0.25) is 0 Å². The van der Waals surface area contributed by atoms with Crippen LogP contribution in [0.15, 0.2) is 12.1 Å². The first-order valence-electron chi connectivity index (χ1n) is 4.46. The standard InChI is InChI=1S/C11H11IO/c1-7-4-8-6-9(13)2-3-10(8)11(12)5-7/h4-5H,2-3,6H2,1H3. The maximum Gasteiger partial charge on any atom is 0.137 e. The predicted octanol–water partition coefficient (Wildman–Crippen LogP) is 2.66. The lowest BCUT2D eigenvalue weighted by atomic mass is 9.90. The fourth-order valence-electron chi connectivity index (χ4n) is 1.85. The molecular formula is C11H11IO. The first-order chi connectivity index (χ1) is 6.16. The van der Waals surface area contributed by atoms with Crippen molar-refractivity contribution in [1.82, 2.24) is 0 Å². The first-order valence-corrected chi connectivity index (χ1v) is 5.54. The van der Waals surface area contributed by atoms with Crippen molar-refractivity contribution in [3.8, 4) is 0 Å². The molecule has 0 atom stereocenters. The molecule has 1 nitrogen and oxygen atoms in total. The molecule has 0 amide bonds. The van der Waals surface area contributed by atoms with E-state index >= 15 is 0 Å². The molecule has 0 heterocycles. The molecule has 1 aliphatic carbocycles. The van der Waals surface area contributed by atoms with Gasteiger partial charge in [-0.25, -0.2) is 0 Å². The predicted molar refractivity (Wildman–Crippen MR) is 60.9 cm³/mol. The van der Waals surface area contributed by atoms with Crippen LogP contribution in [-0.2, 0) is 17.6 Å². The monoisotopic (exact) mass is 286 g/mol. The molecule has 2 rings (SSSR count). The quantitative estimate of drug-likeness (QED) is 0.670. The number of carbonyl (C=O) groups is 1. The smallest absolute Gasteiger partial charge is 0.137 e. The van der Waals surface area contributed by atoms with Crippen LogP contribution in [0.1, 0.15) is 23.1 Å². The molecule has 1 aromatic carbocycles. The number of fused-ring (bicyclic) bond motifs is 1. The SMILES string of the molecule is Cc1cc(I)c2c(c1)CC(=O)CC2. The van der Waals surface area contributed by atoms with Crippen LogP contribution in [0.4, 0.5) is 0 Å². The summed E-state index contributed by atoms with van der Waals surface area (Å²) in [4.78, 5) is 11.2. The van der Waals surface area contributed by atoms with E-state index in [9.17, 15) is 4.79 Å². The second kappa shape index (κ2) is 3.40. The second-order valence-electron chi connectivity index (χ2n) is 3.60. The van der Waals surface area contributed by atoms with Crippen molar-refractivity contribution in [1.29, 1.82) is 0 Å². The summed E-state index contributed by atoms with van der Waals surface area (Å²) in [6.07, 6.45) is 2.31. The van der Waals surface area contributed by atoms with Crippen molar-refractivity contribution >= 4 is 28.4 Å². The van der Waals surface area contributed by atoms with Crippen LogP contribution in [0, 0.1) is 10.5 Å². The molecule has 0 radical (unpaired) electrons. The van der Waals surface area contributed by atoms with Crippen LogP contribution in [0.25, 0.3) is 0 Å². The van der Waals surface area contributed by atoms with Crippen LogP contribution >= 0.6 is 22.6 Å². The number of carbonyl (C=O) groups excluding carboxylic acids is 1. The fraction of sp³-hybridized carbons (Fsp3) is 0.364. The number of halogens is 1. The summed E-state index contributed by atoms with van der Waals surface area (Å²) in [5, 5.41) is 0. The largest absolute Gasteiger partial charge is 0.299 e. The number of hydrogen-bond acceptors (Lipinski definition) is 1. The zero-order valence-electron chi connectivity index (χ0n) is 7.56. The van der Waals surface area contributed by atoms with E-state index in [4.69, 9.17) is 0 Å². The van der Waals surface area contributed by atoms with Crippen molar-refractivity contribution in [3.63, 3.8) is 0 Å². The van der Waals surface area contributed by atoms with Gasteiger partial charge in [0.1, 0.15) is 5.78 Å². The molecule has 1 aromatic rings. The second-order valence-corrected chi connectivity index (χ2v) is 4.76. The first kappa shape index (κ1) is 9.19. The molecule has 2 heteroatoms. The molecule has 1 aliphatic rings. The van der Waals surface area contributed by atoms with E-state index in [1.807, 2.05) is 0 Å². The van der Waals surface area contributed by atoms with Gasteiger partial charge in [-0.1, -0.05) is 6.07 Å². The van der Waals surface area contributed by atoms with E-state index < -0.39 is 0 Å². The van der Waals surface area contributed by atoms with E-state index in [-0.39, 0.29) is 0 Å². The fourth-order valence-corrected chi connectivity index (χ4v) is 2.95. The van der Waals surface area contributed by atoms with E-state index in [0.717, 1.165) is 12.8 Å². The molecule has 0 spiro atoms. The van der Waals surface area contributed by atoms with Gasteiger partial charge >= 0.3 is 0 Å². The normalized spacial score (nSPS) is 15.7. The summed E-state index contributed by atoms with van der Waals surface area (Å²) in [7, 11) is 0. The number of benzene rings is 1. The molecule has 0 bridgehead atoms. The Kier molecular flexibility index (Phi) is 2.41. The summed E-state index contributed by atoms with van der Waals surface area (Å²) in [6, 6.07) is 4.34. The molecule has 0 fully saturated rings. The third-order valence-electron chi connectivity index (χ3n) is 2.47. The highest BCUT2D eigenvalue weighted by atomic mass is 127. The number of rotatable bonds is 0. The molecule has 0 saturated heterocycles. The maximum atomic E-state index is 11.2. The van der Waals surface area contributed by atoms with Gasteiger partial charge in [0.25, 0.3) is 0 Å². The Labute approximate surface area is 91.7 Å². The number of Topliss-reactive ketones (excluding diaryl/α,β-unsaturated/α-hetero) is 1. The zero-order valence-corrected chi connectivity index (χ0v) is 9.72. The van der Waals surface area contributed by atoms with Crippen molar-refractivity contribution in [2.24, 2.45) is 0 Å². The lowest BCUT2D eigenvalue weighted by Crippen LogP contribution is -2.14. The van der Waals surface area contributed by atoms with Crippen LogP contribution in [-0.4, -0.2) is 5.78 Å². The molecule has 0 aliphatic heterocycles. The van der Waals surface area contributed by atoms with Gasteiger partial charge in [0.05, 0.1) is 0 Å². The minimum absolute atomic E-state index is 0.383. The Hall–Kier alpha value is -0.380. The number of aryl methyl sites for hydroxylation is 1. The van der Waals surface area contributed by atoms with Crippen LogP contribution in [0.2, 0.25) is 0 Å². The Morgan fingerprint density at radius 3 is 2.85 bits per heavy atom. The zero-order chi connectivity index (χ0) is 9.42. The summed E-state index contributed by atoms with van der Waals surface area (Å²) in [5.74, 6) is 0.383. The summed E-state index contributed by atoms with van der Waals surface area (Å²) in [5.41, 5.74) is 3.91. The van der Waals surface area contributed by atoms with Gasteiger partial charge in [-0.05, 0) is 58.7 Å². The highest BCUT2D eigenvalue weighted by molar-refractivity contribution is 14.1. The lowest BCUT2D eigenvalue weighted by Gasteiger charge is -2.17. The van der Waals surface area contributed by atoms with Gasteiger partial charge in [-0.2, -0.15) is 0 Å². The van der Waals surface area contributed by atoms with Crippen molar-refractivity contribution in [2.45, 2.75) is 26.2 Å². The van der Waals surface area contributed by atoms with Crippen molar-refractivity contribution in [2.75, 3.05) is 0 Å². The van der Waals surface area contributed by atoms with Crippen LogP contribution < -0.4 is 0 Å². The summed E-state index contributed by atoms with van der Waals surface area (Å²) >= 11 is 2.36. The van der Waals surface area contributed by atoms with Gasteiger partial charge in [-0.15, -0.1) is 0 Å². The highest BCUT2D eigenvalue weighted by Gasteiger charge is 2.17. The van der Waals surface area contributed by atoms with Gasteiger partial charge in [-0.3, -0.25) is 4.79 Å². The van der Waals surface area contributed by atoms with Crippen LogP contribution in [0.3, 0.4) is 0 Å². The van der Waals surface area contributed by atoms with Gasteiger partial charge < -0.3 is 0 Å². The van der Waals surface area contributed by atoms with E-state index in [1.54, 1.807) is 0 Å². The molecule has 68 valence electrons. The average Bonchev–Trinajstić information content (AvgIpc) is 2.02. The van der Waals surface area contributed by atoms with E-state index in [0.29, 0.717) is 12.2 Å². The topological polar surface area (TPSA) is 17.1 Å². The third-order valence-corrected chi connectivity index (χ3v) is 3.44. The minimum atomic E-state index is 0.383. The third kappa shape index (κ3) is 1.77. The molecule has 0 aromatic heterocycles. The van der Waals surface area contributed by atoms with E-state index in [2.05, 4.69) is 41.6 Å².